The summed E-state index contributed by atoms with van der Waals surface area (Å²) in [6, 6.07) is 3.12. The fraction of sp³-hybridized carbons (Fsp3) is 0.526. The minimum atomic E-state index is -4.07. The van der Waals surface area contributed by atoms with Crippen molar-refractivity contribution in [1.82, 2.24) is 15.1 Å². The molecule has 0 spiro atoms. The third-order valence-corrected chi connectivity index (χ3v) is 6.36. The number of carbonyl (C=O) groups excluding carboxylic acids is 1. The molecule has 0 saturated carbocycles. The van der Waals surface area contributed by atoms with E-state index in [2.05, 4.69) is 17.1 Å². The number of amides is 1. The Hall–Kier alpha value is -2.82. The van der Waals surface area contributed by atoms with Gasteiger partial charge in [-0.1, -0.05) is 12.0 Å². The van der Waals surface area contributed by atoms with Gasteiger partial charge in [0.05, 0.1) is 21.3 Å². The minimum absolute atomic E-state index is 0.0490. The number of rotatable bonds is 7. The zero-order valence-electron chi connectivity index (χ0n) is 17.4. The van der Waals surface area contributed by atoms with E-state index in [1.54, 1.807) is 17.0 Å². The minimum Gasteiger partial charge on any atom is -0.493 e. The molecular weight excluding hydrogens is 414 g/mol. The van der Waals surface area contributed by atoms with Crippen molar-refractivity contribution in [2.45, 2.75) is 25.0 Å². The Morgan fingerprint density at radius 3 is 2.23 bits per heavy atom. The Morgan fingerprint density at radius 1 is 1.10 bits per heavy atom. The molecular formula is C19H25N3O7S. The van der Waals surface area contributed by atoms with Crippen molar-refractivity contribution in [3.8, 4) is 28.7 Å². The van der Waals surface area contributed by atoms with E-state index in [0.29, 0.717) is 41.8 Å². The van der Waals surface area contributed by atoms with Crippen LogP contribution < -0.4 is 14.2 Å². The molecule has 2 aromatic rings. The van der Waals surface area contributed by atoms with Crippen LogP contribution in [0.5, 0.6) is 17.2 Å². The molecule has 0 unspecified atom stereocenters. The third-order valence-electron chi connectivity index (χ3n) is 5.03. The summed E-state index contributed by atoms with van der Waals surface area (Å²) in [5, 5.41) is 6.85. The van der Waals surface area contributed by atoms with Crippen molar-refractivity contribution in [3.05, 3.63) is 12.1 Å². The molecule has 3 rings (SSSR count). The van der Waals surface area contributed by atoms with Gasteiger partial charge in [0.15, 0.2) is 11.5 Å². The van der Waals surface area contributed by atoms with Crippen LogP contribution in [0, 0.1) is 5.92 Å². The predicted octanol–water partition coefficient (Wildman–Crippen LogP) is 1.79. The highest BCUT2D eigenvalue weighted by Crippen LogP contribution is 2.41. The Balaban J connectivity index is 1.82. The van der Waals surface area contributed by atoms with Gasteiger partial charge in [-0.2, -0.15) is 0 Å². The second-order valence-corrected chi connectivity index (χ2v) is 8.98. The molecule has 1 aromatic carbocycles. The molecule has 0 bridgehead atoms. The van der Waals surface area contributed by atoms with Crippen LogP contribution in [0.15, 0.2) is 21.8 Å². The van der Waals surface area contributed by atoms with Gasteiger partial charge < -0.3 is 23.5 Å². The molecule has 1 aliphatic rings. The van der Waals surface area contributed by atoms with Gasteiger partial charge in [-0.3, -0.25) is 4.79 Å². The third kappa shape index (κ3) is 4.50. The maximum atomic E-state index is 12.6. The Bertz CT molecular complexity index is 986. The van der Waals surface area contributed by atoms with Crippen LogP contribution in [-0.4, -0.2) is 69.6 Å². The second kappa shape index (κ2) is 8.90. The fourth-order valence-electron chi connectivity index (χ4n) is 3.23. The molecule has 2 heterocycles. The quantitative estimate of drug-likeness (QED) is 0.635. The Labute approximate surface area is 175 Å². The monoisotopic (exact) mass is 439 g/mol. The van der Waals surface area contributed by atoms with E-state index in [1.807, 2.05) is 0 Å². The van der Waals surface area contributed by atoms with Crippen molar-refractivity contribution in [1.29, 1.82) is 0 Å². The summed E-state index contributed by atoms with van der Waals surface area (Å²) in [7, 11) is 0.309. The Kier molecular flexibility index (Phi) is 6.49. The first-order valence-corrected chi connectivity index (χ1v) is 11.1. The highest BCUT2D eigenvalue weighted by molar-refractivity contribution is 7.91. The van der Waals surface area contributed by atoms with Crippen molar-refractivity contribution in [3.63, 3.8) is 0 Å². The molecule has 10 nitrogen and oxygen atoms in total. The van der Waals surface area contributed by atoms with E-state index in [0.717, 1.165) is 12.8 Å². The molecule has 1 aromatic heterocycles. The number of aromatic nitrogens is 2. The second-order valence-electron chi connectivity index (χ2n) is 7.11. The maximum Gasteiger partial charge on any atom is 0.336 e. The molecule has 0 aliphatic carbocycles. The van der Waals surface area contributed by atoms with Crippen molar-refractivity contribution < 1.29 is 31.8 Å². The smallest absolute Gasteiger partial charge is 0.336 e. The van der Waals surface area contributed by atoms with E-state index in [-0.39, 0.29) is 5.89 Å². The zero-order valence-corrected chi connectivity index (χ0v) is 18.2. The number of ether oxygens (including phenoxy) is 3. The van der Waals surface area contributed by atoms with E-state index in [9.17, 15) is 13.2 Å². The molecule has 1 saturated heterocycles. The normalized spacial score (nSPS) is 15.1. The van der Waals surface area contributed by atoms with Gasteiger partial charge in [0, 0.05) is 18.7 Å². The summed E-state index contributed by atoms with van der Waals surface area (Å²) in [6.45, 7) is 3.22. The van der Waals surface area contributed by atoms with Crippen LogP contribution in [0.25, 0.3) is 11.5 Å². The summed E-state index contributed by atoms with van der Waals surface area (Å²) in [5.74, 6) is 0.382. The highest BCUT2D eigenvalue weighted by Gasteiger charge is 2.30. The average molecular weight is 439 g/mol. The lowest BCUT2D eigenvalue weighted by Gasteiger charge is -2.30. The summed E-state index contributed by atoms with van der Waals surface area (Å²) in [4.78, 5) is 14.0. The van der Waals surface area contributed by atoms with Gasteiger partial charge >= 0.3 is 5.22 Å². The van der Waals surface area contributed by atoms with Gasteiger partial charge in [-0.15, -0.1) is 5.10 Å². The standard InChI is InChI=1S/C19H25N3O7S/c1-12-5-7-22(8-6-12)16(23)11-30(24,25)19-21-20-18(29-19)13-9-14(26-2)17(28-4)15(10-13)27-3/h9-10,12H,5-8,11H2,1-4H3. The number of hydrogen-bond acceptors (Lipinski definition) is 9. The van der Waals surface area contributed by atoms with Crippen LogP contribution in [0.3, 0.4) is 0 Å². The van der Waals surface area contributed by atoms with Crippen LogP contribution in [-0.2, 0) is 14.6 Å². The lowest BCUT2D eigenvalue weighted by molar-refractivity contribution is -0.129. The number of hydrogen-bond donors (Lipinski definition) is 0. The first kappa shape index (κ1) is 21.9. The number of methoxy groups -OCH3 is 3. The summed E-state index contributed by atoms with van der Waals surface area (Å²) in [6.07, 6.45) is 1.72. The number of sulfone groups is 1. The van der Waals surface area contributed by atoms with Gasteiger partial charge in [0.1, 0.15) is 5.75 Å². The molecule has 1 fully saturated rings. The van der Waals surface area contributed by atoms with Crippen LogP contribution >= 0.6 is 0 Å². The van der Waals surface area contributed by atoms with E-state index >= 15 is 0 Å². The maximum absolute atomic E-state index is 12.6. The number of likely N-dealkylation sites (tertiary alicyclic amines) is 1. The van der Waals surface area contributed by atoms with E-state index in [1.165, 1.54) is 21.3 Å². The lowest BCUT2D eigenvalue weighted by Crippen LogP contribution is -2.41. The van der Waals surface area contributed by atoms with Gasteiger partial charge in [-0.25, -0.2) is 8.42 Å². The molecule has 0 radical (unpaired) electrons. The van der Waals surface area contributed by atoms with Gasteiger partial charge in [0.2, 0.25) is 27.4 Å². The summed E-state index contributed by atoms with van der Waals surface area (Å²) < 4.78 is 46.5. The van der Waals surface area contributed by atoms with E-state index in [4.69, 9.17) is 18.6 Å². The van der Waals surface area contributed by atoms with E-state index < -0.39 is 26.7 Å². The zero-order chi connectivity index (χ0) is 21.9. The van der Waals surface area contributed by atoms with Gasteiger partial charge in [0.25, 0.3) is 0 Å². The van der Waals surface area contributed by atoms with Gasteiger partial charge in [-0.05, 0) is 30.9 Å². The van der Waals surface area contributed by atoms with Crippen LogP contribution in [0.2, 0.25) is 0 Å². The van der Waals surface area contributed by atoms with Crippen LogP contribution in [0.4, 0.5) is 0 Å². The average Bonchev–Trinajstić information content (AvgIpc) is 3.24. The highest BCUT2D eigenvalue weighted by atomic mass is 32.2. The van der Waals surface area contributed by atoms with Crippen molar-refractivity contribution >= 4 is 15.7 Å². The molecule has 1 aliphatic heterocycles. The fourth-order valence-corrected chi connectivity index (χ4v) is 4.23. The van der Waals surface area contributed by atoms with Crippen molar-refractivity contribution in [2.75, 3.05) is 40.2 Å². The predicted molar refractivity (Wildman–Crippen MR) is 106 cm³/mol. The molecule has 0 N–H and O–H groups in total. The Morgan fingerprint density at radius 2 is 1.70 bits per heavy atom. The summed E-state index contributed by atoms with van der Waals surface area (Å²) in [5.41, 5.74) is 0.384. The summed E-state index contributed by atoms with van der Waals surface area (Å²) >= 11 is 0. The molecule has 1 amide bonds. The molecule has 164 valence electrons. The molecule has 11 heteroatoms. The molecule has 0 atom stereocenters. The molecule has 30 heavy (non-hydrogen) atoms. The SMILES string of the molecule is COc1cc(-c2nnc(S(=O)(=O)CC(=O)N3CCC(C)CC3)o2)cc(OC)c1OC. The van der Waals surface area contributed by atoms with Crippen molar-refractivity contribution in [2.24, 2.45) is 5.92 Å². The topological polar surface area (TPSA) is 121 Å². The number of nitrogens with zero attached hydrogens (tertiary/aromatic N) is 3. The first-order chi connectivity index (χ1) is 14.3. The number of piperidine rings is 1. The lowest BCUT2D eigenvalue weighted by atomic mass is 9.99. The van der Waals surface area contributed by atoms with Crippen LogP contribution in [0.1, 0.15) is 19.8 Å². The first-order valence-electron chi connectivity index (χ1n) is 9.43. The number of carbonyl (C=O) groups is 1. The largest absolute Gasteiger partial charge is 0.493 e. The number of benzene rings is 1.